The molecule has 1 fully saturated rings. The van der Waals surface area contributed by atoms with E-state index in [1.807, 2.05) is 13.0 Å². The van der Waals surface area contributed by atoms with Crippen LogP contribution in [0.15, 0.2) is 52.5 Å². The highest BCUT2D eigenvalue weighted by atomic mass is 79.9. The van der Waals surface area contributed by atoms with Crippen LogP contribution in [0.5, 0.6) is 11.5 Å². The molecule has 1 heterocycles. The summed E-state index contributed by atoms with van der Waals surface area (Å²) in [6.07, 6.45) is 6.77. The standard InChI is InChI=1S/C21H17BrN2O4/c1-3-10-28-19-17(22)12-14(13-18(19)27-4-2)11-16-20(25)23-24(21(16)26)15-8-6-5-7-9-15/h1,5-9,11-13H,4,10H2,2H3,(H,23,25). The van der Waals surface area contributed by atoms with E-state index in [1.54, 1.807) is 36.4 Å². The van der Waals surface area contributed by atoms with Gasteiger partial charge < -0.3 is 9.47 Å². The maximum Gasteiger partial charge on any atom is 0.282 e. The maximum atomic E-state index is 12.7. The minimum atomic E-state index is -0.476. The number of anilines is 1. The highest BCUT2D eigenvalue weighted by molar-refractivity contribution is 9.10. The van der Waals surface area contributed by atoms with Crippen LogP contribution in [0.1, 0.15) is 12.5 Å². The predicted octanol–water partition coefficient (Wildman–Crippen LogP) is 3.32. The number of rotatable bonds is 6. The first kappa shape index (κ1) is 19.5. The van der Waals surface area contributed by atoms with Gasteiger partial charge in [0.1, 0.15) is 12.2 Å². The Morgan fingerprint density at radius 2 is 1.96 bits per heavy atom. The monoisotopic (exact) mass is 440 g/mol. The van der Waals surface area contributed by atoms with Gasteiger partial charge in [-0.3, -0.25) is 15.0 Å². The molecule has 0 unspecified atom stereocenters. The molecule has 1 aliphatic heterocycles. The number of nitrogens with zero attached hydrogens (tertiary/aromatic N) is 1. The average Bonchev–Trinajstić information content (AvgIpc) is 2.96. The van der Waals surface area contributed by atoms with Crippen LogP contribution in [0.4, 0.5) is 5.69 Å². The molecule has 0 atom stereocenters. The lowest BCUT2D eigenvalue weighted by molar-refractivity contribution is -0.117. The number of amides is 2. The van der Waals surface area contributed by atoms with Gasteiger partial charge in [-0.2, -0.15) is 0 Å². The Bertz CT molecular complexity index is 980. The number of hydrazine groups is 1. The molecule has 142 valence electrons. The number of carbonyl (C=O) groups excluding carboxylic acids is 2. The molecule has 7 heteroatoms. The molecule has 0 radical (unpaired) electrons. The summed E-state index contributed by atoms with van der Waals surface area (Å²) in [6, 6.07) is 12.3. The molecule has 0 aromatic heterocycles. The molecular weight excluding hydrogens is 424 g/mol. The smallest absolute Gasteiger partial charge is 0.282 e. The summed E-state index contributed by atoms with van der Waals surface area (Å²) in [4.78, 5) is 25.1. The van der Waals surface area contributed by atoms with Crippen LogP contribution in [0.25, 0.3) is 6.08 Å². The summed E-state index contributed by atoms with van der Waals surface area (Å²) in [5, 5.41) is 1.22. The molecule has 0 aliphatic carbocycles. The van der Waals surface area contributed by atoms with Gasteiger partial charge in [0.2, 0.25) is 0 Å². The fourth-order valence-corrected chi connectivity index (χ4v) is 3.25. The largest absolute Gasteiger partial charge is 0.490 e. The molecule has 1 aliphatic rings. The lowest BCUT2D eigenvalue weighted by Gasteiger charge is -2.14. The van der Waals surface area contributed by atoms with Gasteiger partial charge >= 0.3 is 0 Å². The molecule has 2 aromatic carbocycles. The molecule has 2 amide bonds. The lowest BCUT2D eigenvalue weighted by atomic mass is 10.1. The van der Waals surface area contributed by atoms with E-state index in [4.69, 9.17) is 15.9 Å². The summed E-state index contributed by atoms with van der Waals surface area (Å²) in [5.41, 5.74) is 3.78. The normalized spacial score (nSPS) is 14.8. The summed E-state index contributed by atoms with van der Waals surface area (Å²) in [5.74, 6) is 2.43. The van der Waals surface area contributed by atoms with Crippen LogP contribution in [-0.2, 0) is 9.59 Å². The van der Waals surface area contributed by atoms with Crippen LogP contribution in [0.3, 0.4) is 0 Å². The van der Waals surface area contributed by atoms with Crippen LogP contribution in [0, 0.1) is 12.3 Å². The Morgan fingerprint density at radius 3 is 2.64 bits per heavy atom. The van der Waals surface area contributed by atoms with E-state index in [1.165, 1.54) is 11.1 Å². The van der Waals surface area contributed by atoms with Gasteiger partial charge in [-0.1, -0.05) is 24.1 Å². The predicted molar refractivity (Wildman–Crippen MR) is 110 cm³/mol. The second-order valence-corrected chi connectivity index (χ2v) is 6.59. The molecule has 6 nitrogen and oxygen atoms in total. The van der Waals surface area contributed by atoms with Crippen LogP contribution in [0.2, 0.25) is 0 Å². The van der Waals surface area contributed by atoms with Gasteiger partial charge in [-0.25, -0.2) is 5.01 Å². The van der Waals surface area contributed by atoms with Gasteiger partial charge in [0.25, 0.3) is 11.8 Å². The summed E-state index contributed by atoms with van der Waals surface area (Å²) < 4.78 is 11.7. The first-order valence-corrected chi connectivity index (χ1v) is 9.29. The number of carbonyl (C=O) groups is 2. The van der Waals surface area contributed by atoms with E-state index < -0.39 is 11.8 Å². The van der Waals surface area contributed by atoms with E-state index >= 15 is 0 Å². The lowest BCUT2D eigenvalue weighted by Crippen LogP contribution is -2.35. The van der Waals surface area contributed by atoms with Crippen molar-refractivity contribution in [2.75, 3.05) is 18.2 Å². The molecule has 1 N–H and O–H groups in total. The molecule has 3 rings (SSSR count). The highest BCUT2D eigenvalue weighted by Gasteiger charge is 2.34. The van der Waals surface area contributed by atoms with Crippen molar-refractivity contribution in [2.45, 2.75) is 6.92 Å². The van der Waals surface area contributed by atoms with Crippen molar-refractivity contribution in [2.24, 2.45) is 0 Å². The van der Waals surface area contributed by atoms with Crippen molar-refractivity contribution in [3.63, 3.8) is 0 Å². The number of para-hydroxylation sites is 1. The van der Waals surface area contributed by atoms with Crippen molar-refractivity contribution >= 4 is 39.5 Å². The van der Waals surface area contributed by atoms with E-state index in [0.29, 0.717) is 33.8 Å². The molecule has 28 heavy (non-hydrogen) atoms. The highest BCUT2D eigenvalue weighted by Crippen LogP contribution is 2.37. The zero-order valence-corrected chi connectivity index (χ0v) is 16.7. The Kier molecular flexibility index (Phi) is 6.02. The topological polar surface area (TPSA) is 67.9 Å². The molecule has 1 saturated heterocycles. The fraction of sp³-hybridized carbons (Fsp3) is 0.143. The van der Waals surface area contributed by atoms with E-state index in [-0.39, 0.29) is 12.2 Å². The van der Waals surface area contributed by atoms with Gasteiger partial charge in [-0.15, -0.1) is 6.42 Å². The number of terminal acetylenes is 1. The third-order valence-corrected chi connectivity index (χ3v) is 4.44. The fourth-order valence-electron chi connectivity index (χ4n) is 2.67. The second kappa shape index (κ2) is 8.63. The third kappa shape index (κ3) is 4.02. The molecular formula is C21H17BrN2O4. The maximum absolute atomic E-state index is 12.7. The van der Waals surface area contributed by atoms with Crippen molar-refractivity contribution in [1.29, 1.82) is 0 Å². The van der Waals surface area contributed by atoms with Gasteiger partial charge in [0, 0.05) is 0 Å². The number of benzene rings is 2. The van der Waals surface area contributed by atoms with Crippen molar-refractivity contribution in [3.8, 4) is 23.8 Å². The quantitative estimate of drug-likeness (QED) is 0.425. The van der Waals surface area contributed by atoms with E-state index in [0.717, 1.165) is 0 Å². The summed E-state index contributed by atoms with van der Waals surface area (Å²) in [7, 11) is 0. The van der Waals surface area contributed by atoms with Gasteiger partial charge in [0.15, 0.2) is 11.5 Å². The van der Waals surface area contributed by atoms with Crippen molar-refractivity contribution < 1.29 is 19.1 Å². The molecule has 0 bridgehead atoms. The molecule has 2 aromatic rings. The van der Waals surface area contributed by atoms with E-state index in [9.17, 15) is 9.59 Å². The number of halogens is 1. The van der Waals surface area contributed by atoms with Crippen molar-refractivity contribution in [1.82, 2.24) is 5.43 Å². The number of hydrogen-bond donors (Lipinski definition) is 1. The first-order chi connectivity index (χ1) is 13.5. The Labute approximate surface area is 171 Å². The zero-order valence-electron chi connectivity index (χ0n) is 15.1. The second-order valence-electron chi connectivity index (χ2n) is 5.73. The number of nitrogens with one attached hydrogen (secondary N) is 1. The minimum Gasteiger partial charge on any atom is -0.490 e. The van der Waals surface area contributed by atoms with Crippen LogP contribution >= 0.6 is 15.9 Å². The van der Waals surface area contributed by atoms with Crippen LogP contribution < -0.4 is 19.9 Å². The van der Waals surface area contributed by atoms with Crippen LogP contribution in [-0.4, -0.2) is 25.0 Å². The van der Waals surface area contributed by atoms with E-state index in [2.05, 4.69) is 27.3 Å². The molecule has 0 saturated carbocycles. The average molecular weight is 441 g/mol. The van der Waals surface area contributed by atoms with Crippen molar-refractivity contribution in [3.05, 3.63) is 58.1 Å². The first-order valence-electron chi connectivity index (χ1n) is 8.50. The Hall–Kier alpha value is -3.24. The Morgan fingerprint density at radius 1 is 1.21 bits per heavy atom. The third-order valence-electron chi connectivity index (χ3n) is 3.85. The zero-order chi connectivity index (χ0) is 20.1. The van der Waals surface area contributed by atoms with Gasteiger partial charge in [-0.05, 0) is 58.8 Å². The van der Waals surface area contributed by atoms with Gasteiger partial charge in [0.05, 0.1) is 16.8 Å². The number of hydrogen-bond acceptors (Lipinski definition) is 4. The summed E-state index contributed by atoms with van der Waals surface area (Å²) >= 11 is 3.43. The number of ether oxygens (including phenoxy) is 2. The SMILES string of the molecule is C#CCOc1c(Br)cc(C=C2C(=O)NN(c3ccccc3)C2=O)cc1OCC. The Balaban J connectivity index is 1.95. The minimum absolute atomic E-state index is 0.0236. The molecule has 0 spiro atoms. The summed E-state index contributed by atoms with van der Waals surface area (Å²) in [6.45, 7) is 2.35.